The zero-order valence-electron chi connectivity index (χ0n) is 22.4. The van der Waals surface area contributed by atoms with E-state index in [1.165, 1.54) is 0 Å². The normalized spacial score (nSPS) is 22.8. The van der Waals surface area contributed by atoms with Crippen LogP contribution in [0.1, 0.15) is 37.0 Å². The summed E-state index contributed by atoms with van der Waals surface area (Å²) in [6.45, 7) is 8.06. The maximum absolute atomic E-state index is 13.7. The number of rotatable bonds is 8. The number of ketones is 1. The van der Waals surface area contributed by atoms with Crippen molar-refractivity contribution in [1.82, 2.24) is 25.3 Å². The van der Waals surface area contributed by atoms with Gasteiger partial charge in [-0.1, -0.05) is 13.8 Å². The van der Waals surface area contributed by atoms with Crippen molar-refractivity contribution >= 4 is 29.2 Å². The Hall–Kier alpha value is -2.98. The third kappa shape index (κ3) is 6.13. The van der Waals surface area contributed by atoms with Crippen molar-refractivity contribution in [2.24, 2.45) is 5.92 Å². The molecule has 3 heterocycles. The first-order valence-corrected chi connectivity index (χ1v) is 13.3. The van der Waals surface area contributed by atoms with E-state index in [1.807, 2.05) is 45.0 Å². The van der Waals surface area contributed by atoms with Crippen LogP contribution < -0.4 is 15.5 Å². The Labute approximate surface area is 219 Å². The lowest BCUT2D eigenvalue weighted by atomic mass is 10.0. The highest BCUT2D eigenvalue weighted by atomic mass is 16.2. The summed E-state index contributed by atoms with van der Waals surface area (Å²) in [5.41, 5.74) is 1.46. The molecule has 3 saturated heterocycles. The van der Waals surface area contributed by atoms with Crippen LogP contribution in [0.4, 0.5) is 5.69 Å². The van der Waals surface area contributed by atoms with E-state index in [-0.39, 0.29) is 42.0 Å². The van der Waals surface area contributed by atoms with Gasteiger partial charge in [0, 0.05) is 58.1 Å². The number of amides is 3. The second-order valence-electron chi connectivity index (χ2n) is 10.9. The summed E-state index contributed by atoms with van der Waals surface area (Å²) in [7, 11) is 3.86. The number of hydrogen-bond donors (Lipinski definition) is 2. The molecule has 10 heteroatoms. The van der Waals surface area contributed by atoms with E-state index >= 15 is 0 Å². The summed E-state index contributed by atoms with van der Waals surface area (Å²) in [5.74, 6) is -0.543. The van der Waals surface area contributed by atoms with E-state index in [1.54, 1.807) is 21.9 Å². The lowest BCUT2D eigenvalue weighted by Gasteiger charge is -2.30. The lowest BCUT2D eigenvalue weighted by Crippen LogP contribution is -2.53. The molecule has 3 aliphatic rings. The van der Waals surface area contributed by atoms with Gasteiger partial charge in [0.2, 0.25) is 11.8 Å². The quantitative estimate of drug-likeness (QED) is 0.512. The van der Waals surface area contributed by atoms with E-state index in [0.29, 0.717) is 31.5 Å². The molecule has 0 aliphatic carbocycles. The predicted octanol–water partition coefficient (Wildman–Crippen LogP) is 0.183. The summed E-state index contributed by atoms with van der Waals surface area (Å²) in [6.07, 6.45) is 1.04. The minimum absolute atomic E-state index is 0.0451. The smallest absolute Gasteiger partial charge is 0.251 e. The molecule has 0 radical (unpaired) electrons. The van der Waals surface area contributed by atoms with Crippen molar-refractivity contribution in [2.45, 2.75) is 44.8 Å². The van der Waals surface area contributed by atoms with Crippen molar-refractivity contribution in [1.29, 1.82) is 0 Å². The Kier molecular flexibility index (Phi) is 8.49. The van der Waals surface area contributed by atoms with Gasteiger partial charge in [0.25, 0.3) is 5.91 Å². The molecule has 0 unspecified atom stereocenters. The van der Waals surface area contributed by atoms with Gasteiger partial charge in [-0.3, -0.25) is 24.1 Å². The number of benzene rings is 1. The first-order chi connectivity index (χ1) is 17.7. The summed E-state index contributed by atoms with van der Waals surface area (Å²) < 4.78 is 0. The average molecular weight is 513 g/mol. The predicted molar refractivity (Wildman–Crippen MR) is 141 cm³/mol. The molecule has 3 aliphatic heterocycles. The maximum Gasteiger partial charge on any atom is 0.251 e. The highest BCUT2D eigenvalue weighted by Crippen LogP contribution is 2.31. The number of hydrogen-bond acceptors (Lipinski definition) is 7. The molecule has 202 valence electrons. The highest BCUT2D eigenvalue weighted by Gasteiger charge is 2.52. The van der Waals surface area contributed by atoms with Crippen molar-refractivity contribution in [3.63, 3.8) is 0 Å². The molecule has 0 saturated carbocycles. The summed E-state index contributed by atoms with van der Waals surface area (Å²) in [4.78, 5) is 60.2. The monoisotopic (exact) mass is 512 g/mol. The first kappa shape index (κ1) is 27.1. The SMILES string of the molecule is CC(C)C[C@H](NC(=O)c1ccc(N(C)C)cc1)C(=O)N1CC[C@@H]2[C@H]1C(=O)CN2C(=O)CN1CCNCC1. The number of nitrogens with zero attached hydrogens (tertiary/aromatic N) is 4. The molecule has 37 heavy (non-hydrogen) atoms. The van der Waals surface area contributed by atoms with E-state index in [2.05, 4.69) is 15.5 Å². The molecular formula is C27H40N6O4. The zero-order valence-corrected chi connectivity index (χ0v) is 22.4. The summed E-state index contributed by atoms with van der Waals surface area (Å²) in [5, 5.41) is 6.20. The largest absolute Gasteiger partial charge is 0.378 e. The minimum Gasteiger partial charge on any atom is -0.378 e. The molecule has 10 nitrogen and oxygen atoms in total. The Balaban J connectivity index is 1.43. The fraction of sp³-hybridized carbons (Fsp3) is 0.630. The third-order valence-electron chi connectivity index (χ3n) is 7.55. The molecule has 0 bridgehead atoms. The van der Waals surface area contributed by atoms with Gasteiger partial charge in [-0.25, -0.2) is 0 Å². The molecule has 3 atom stereocenters. The van der Waals surface area contributed by atoms with Crippen LogP contribution in [0, 0.1) is 5.92 Å². The Bertz CT molecular complexity index is 1000. The standard InChI is InChI=1S/C27H40N6O4/c1-18(2)15-21(29-26(36)19-5-7-20(8-6-19)30(3)4)27(37)32-12-9-22-25(32)23(34)16-33(22)24(35)17-31-13-10-28-11-14-31/h5-8,18,21-22,25,28H,9-17H2,1-4H3,(H,29,36)/t21-,22+,25-/m0/s1. The molecule has 4 rings (SSSR count). The molecule has 2 N–H and O–H groups in total. The number of piperazine rings is 1. The van der Waals surface area contributed by atoms with Crippen LogP contribution in [0.5, 0.6) is 0 Å². The van der Waals surface area contributed by atoms with Crippen LogP contribution >= 0.6 is 0 Å². The summed E-state index contributed by atoms with van der Waals surface area (Å²) in [6, 6.07) is 5.56. The maximum atomic E-state index is 13.7. The number of carbonyl (C=O) groups is 4. The molecule has 1 aromatic rings. The number of Topliss-reactive ketones (excluding diaryl/α,β-unsaturated/α-hetero) is 1. The zero-order chi connectivity index (χ0) is 26.7. The van der Waals surface area contributed by atoms with Crippen LogP contribution in [0.2, 0.25) is 0 Å². The molecular weight excluding hydrogens is 472 g/mol. The number of carbonyl (C=O) groups excluding carboxylic acids is 4. The molecule has 0 spiro atoms. The van der Waals surface area contributed by atoms with Gasteiger partial charge < -0.3 is 25.3 Å². The van der Waals surface area contributed by atoms with E-state index in [4.69, 9.17) is 0 Å². The molecule has 0 aromatic heterocycles. The number of likely N-dealkylation sites (tertiary alicyclic amines) is 2. The van der Waals surface area contributed by atoms with Gasteiger partial charge in [-0.15, -0.1) is 0 Å². The lowest BCUT2D eigenvalue weighted by molar-refractivity contribution is -0.138. The van der Waals surface area contributed by atoms with Gasteiger partial charge in [-0.05, 0) is 43.0 Å². The topological polar surface area (TPSA) is 105 Å². The van der Waals surface area contributed by atoms with E-state index < -0.39 is 12.1 Å². The van der Waals surface area contributed by atoms with Crippen molar-refractivity contribution < 1.29 is 19.2 Å². The van der Waals surface area contributed by atoms with Crippen LogP contribution in [0.25, 0.3) is 0 Å². The fourth-order valence-electron chi connectivity index (χ4n) is 5.59. The van der Waals surface area contributed by atoms with Crippen molar-refractivity contribution in [2.75, 3.05) is 64.8 Å². The minimum atomic E-state index is -0.738. The van der Waals surface area contributed by atoms with Gasteiger partial charge in [-0.2, -0.15) is 0 Å². The molecule has 3 fully saturated rings. The number of fused-ring (bicyclic) bond motifs is 1. The van der Waals surface area contributed by atoms with Crippen LogP contribution in [0.3, 0.4) is 0 Å². The van der Waals surface area contributed by atoms with Crippen molar-refractivity contribution in [3.05, 3.63) is 29.8 Å². The van der Waals surface area contributed by atoms with Gasteiger partial charge in [0.05, 0.1) is 19.1 Å². The Morgan fingerprint density at radius 2 is 1.73 bits per heavy atom. The van der Waals surface area contributed by atoms with Gasteiger partial charge in [0.1, 0.15) is 12.1 Å². The van der Waals surface area contributed by atoms with E-state index in [9.17, 15) is 19.2 Å². The molecule has 3 amide bonds. The third-order valence-corrected chi connectivity index (χ3v) is 7.55. The second-order valence-corrected chi connectivity index (χ2v) is 10.9. The number of anilines is 1. The summed E-state index contributed by atoms with van der Waals surface area (Å²) >= 11 is 0. The van der Waals surface area contributed by atoms with Crippen LogP contribution in [-0.2, 0) is 14.4 Å². The number of nitrogens with one attached hydrogen (secondary N) is 2. The van der Waals surface area contributed by atoms with Gasteiger partial charge in [0.15, 0.2) is 5.78 Å². The Morgan fingerprint density at radius 1 is 1.05 bits per heavy atom. The van der Waals surface area contributed by atoms with Gasteiger partial charge >= 0.3 is 0 Å². The fourth-order valence-corrected chi connectivity index (χ4v) is 5.59. The van der Waals surface area contributed by atoms with Crippen LogP contribution in [0.15, 0.2) is 24.3 Å². The molecule has 1 aromatic carbocycles. The first-order valence-electron chi connectivity index (χ1n) is 13.3. The second kappa shape index (κ2) is 11.6. The Morgan fingerprint density at radius 3 is 2.35 bits per heavy atom. The van der Waals surface area contributed by atoms with Crippen molar-refractivity contribution in [3.8, 4) is 0 Å². The van der Waals surface area contributed by atoms with E-state index in [0.717, 1.165) is 31.9 Å². The van der Waals surface area contributed by atoms with Crippen LogP contribution in [-0.4, -0.2) is 116 Å². The average Bonchev–Trinajstić information content (AvgIpc) is 3.45. The highest BCUT2D eigenvalue weighted by molar-refractivity contribution is 6.01.